The molecule has 2 aromatic carbocycles. The maximum atomic E-state index is 6.27. The highest BCUT2D eigenvalue weighted by Gasteiger charge is 2.52. The number of fused-ring (bicyclic) bond motifs is 3. The summed E-state index contributed by atoms with van der Waals surface area (Å²) in [6, 6.07) is 13.0. The van der Waals surface area contributed by atoms with Crippen molar-refractivity contribution in [2.75, 3.05) is 11.5 Å². The molecule has 0 unspecified atom stereocenters. The van der Waals surface area contributed by atoms with Crippen molar-refractivity contribution in [2.24, 2.45) is 0 Å². The Balaban J connectivity index is 1.84. The molecule has 2 nitrogen and oxygen atoms in total. The van der Waals surface area contributed by atoms with Crippen LogP contribution in [0.25, 0.3) is 11.1 Å². The van der Waals surface area contributed by atoms with Gasteiger partial charge in [-0.05, 0) is 67.5 Å². The molecule has 2 aliphatic rings. The molecule has 0 saturated carbocycles. The molecule has 1 aliphatic carbocycles. The quantitative estimate of drug-likeness (QED) is 0.500. The molecule has 0 amide bonds. The molecule has 1 saturated heterocycles. The second-order valence-electron chi connectivity index (χ2n) is 8.48. The highest BCUT2D eigenvalue weighted by molar-refractivity contribution is 9.10. The first kappa shape index (κ1) is 19.9. The summed E-state index contributed by atoms with van der Waals surface area (Å²) >= 11 is 13.1. The van der Waals surface area contributed by atoms with Gasteiger partial charge in [0, 0.05) is 21.4 Å². The molecule has 1 aliphatic heterocycles. The highest BCUT2D eigenvalue weighted by atomic mass is 79.9. The fourth-order valence-corrected chi connectivity index (χ4v) is 5.44. The average Bonchev–Trinajstić information content (AvgIpc) is 3.01. The summed E-state index contributed by atoms with van der Waals surface area (Å²) in [6.07, 6.45) is 0. The van der Waals surface area contributed by atoms with E-state index in [1.807, 2.05) is 0 Å². The van der Waals surface area contributed by atoms with Crippen molar-refractivity contribution in [2.45, 2.75) is 44.3 Å². The lowest BCUT2D eigenvalue weighted by Crippen LogP contribution is -2.41. The zero-order chi connectivity index (χ0) is 19.6. The topological polar surface area (TPSA) is 18.5 Å². The Labute approximate surface area is 181 Å². The van der Waals surface area contributed by atoms with Crippen LogP contribution in [-0.2, 0) is 14.7 Å². The zero-order valence-corrected chi connectivity index (χ0v) is 19.4. The molecule has 1 fully saturated rings. The van der Waals surface area contributed by atoms with Crippen LogP contribution < -0.4 is 5.46 Å². The Kier molecular flexibility index (Phi) is 4.84. The van der Waals surface area contributed by atoms with Crippen molar-refractivity contribution >= 4 is 53.8 Å². The molecule has 6 heteroatoms. The molecular weight excluding hydrogens is 439 g/mol. The van der Waals surface area contributed by atoms with E-state index >= 15 is 0 Å². The number of hydrogen-bond donors (Lipinski definition) is 2. The highest BCUT2D eigenvalue weighted by Crippen LogP contribution is 2.50. The van der Waals surface area contributed by atoms with E-state index in [9.17, 15) is 0 Å². The fourth-order valence-electron chi connectivity index (χ4n) is 4.00. The molecule has 27 heavy (non-hydrogen) atoms. The second kappa shape index (κ2) is 6.56. The Morgan fingerprint density at radius 2 is 1.37 bits per heavy atom. The average molecular weight is 463 g/mol. The largest absolute Gasteiger partial charge is 0.494 e. The normalized spacial score (nSPS) is 21.2. The van der Waals surface area contributed by atoms with Crippen LogP contribution in [-0.4, -0.2) is 29.8 Å². The summed E-state index contributed by atoms with van der Waals surface area (Å²) in [6.45, 7) is 8.33. The minimum atomic E-state index is -0.367. The Hall–Kier alpha value is -0.395. The molecule has 1 heterocycles. The number of thiol groups is 2. The molecule has 142 valence electrons. The van der Waals surface area contributed by atoms with Gasteiger partial charge < -0.3 is 9.31 Å². The SMILES string of the molecule is CC1(C)OB(c2ccc3c(c2)C(CS)(CS)c2cc(Br)ccc2-3)OC1(C)C. The molecule has 4 rings (SSSR count). The van der Waals surface area contributed by atoms with Gasteiger partial charge in [-0.3, -0.25) is 0 Å². The predicted octanol–water partition coefficient (Wildman–Crippen LogP) is 4.87. The fraction of sp³-hybridized carbons (Fsp3) is 0.429. The van der Waals surface area contributed by atoms with Crippen LogP contribution in [0.5, 0.6) is 0 Å². The number of benzene rings is 2. The number of hydrogen-bond acceptors (Lipinski definition) is 4. The summed E-state index contributed by atoms with van der Waals surface area (Å²) in [5, 5.41) is 0. The summed E-state index contributed by atoms with van der Waals surface area (Å²) < 4.78 is 13.6. The molecule has 2 aromatic rings. The summed E-state index contributed by atoms with van der Waals surface area (Å²) in [4.78, 5) is 0. The van der Waals surface area contributed by atoms with Gasteiger partial charge in [0.2, 0.25) is 0 Å². The molecule has 0 radical (unpaired) electrons. The third-order valence-corrected chi connectivity index (χ3v) is 7.98. The number of halogens is 1. The van der Waals surface area contributed by atoms with E-state index in [1.54, 1.807) is 0 Å². The van der Waals surface area contributed by atoms with Crippen LogP contribution in [0.1, 0.15) is 38.8 Å². The van der Waals surface area contributed by atoms with Crippen molar-refractivity contribution in [3.8, 4) is 11.1 Å². The van der Waals surface area contributed by atoms with Gasteiger partial charge in [-0.25, -0.2) is 0 Å². The Morgan fingerprint density at radius 3 is 1.93 bits per heavy atom. The standard InChI is InChI=1S/C21H24BBrO2S2/c1-19(2)20(3,4)25-22(24-19)13-5-7-15-16-8-6-14(23)10-18(16)21(11-26,12-27)17(15)9-13/h5-10,26-27H,11-12H2,1-4H3. The second-order valence-corrected chi connectivity index (χ2v) is 10.0. The first-order chi connectivity index (χ1) is 12.6. The van der Waals surface area contributed by atoms with Crippen LogP contribution in [0.4, 0.5) is 0 Å². The lowest BCUT2D eigenvalue weighted by atomic mass is 9.74. The summed E-state index contributed by atoms with van der Waals surface area (Å²) in [5.74, 6) is 1.39. The van der Waals surface area contributed by atoms with E-state index in [0.717, 1.165) is 9.94 Å². The van der Waals surface area contributed by atoms with Crippen molar-refractivity contribution in [1.82, 2.24) is 0 Å². The van der Waals surface area contributed by atoms with Crippen molar-refractivity contribution in [3.05, 3.63) is 52.0 Å². The molecule has 0 spiro atoms. The van der Waals surface area contributed by atoms with Crippen LogP contribution in [0.15, 0.2) is 40.9 Å². The lowest BCUT2D eigenvalue weighted by molar-refractivity contribution is 0.00578. The molecule has 0 N–H and O–H groups in total. The summed E-state index contributed by atoms with van der Waals surface area (Å²) in [7, 11) is -0.367. The van der Waals surface area contributed by atoms with Gasteiger partial charge >= 0.3 is 7.12 Å². The van der Waals surface area contributed by atoms with Crippen molar-refractivity contribution in [1.29, 1.82) is 0 Å². The minimum absolute atomic E-state index is 0.222. The van der Waals surface area contributed by atoms with Crippen molar-refractivity contribution < 1.29 is 9.31 Å². The lowest BCUT2D eigenvalue weighted by Gasteiger charge is -2.32. The molecule has 0 atom stereocenters. The van der Waals surface area contributed by atoms with Crippen LogP contribution >= 0.6 is 41.2 Å². The van der Waals surface area contributed by atoms with E-state index in [0.29, 0.717) is 11.5 Å². The van der Waals surface area contributed by atoms with E-state index in [4.69, 9.17) is 34.6 Å². The van der Waals surface area contributed by atoms with Gasteiger partial charge in [0.15, 0.2) is 0 Å². The van der Waals surface area contributed by atoms with Gasteiger partial charge in [0.05, 0.1) is 11.2 Å². The molecular formula is C21H24BBrO2S2. The Bertz CT molecular complexity index is 893. The van der Waals surface area contributed by atoms with E-state index in [-0.39, 0.29) is 23.7 Å². The minimum Gasteiger partial charge on any atom is -0.399 e. The van der Waals surface area contributed by atoms with Gasteiger partial charge in [-0.15, -0.1) is 0 Å². The van der Waals surface area contributed by atoms with Crippen LogP contribution in [0, 0.1) is 0 Å². The van der Waals surface area contributed by atoms with Crippen molar-refractivity contribution in [3.63, 3.8) is 0 Å². The summed E-state index contributed by atoms with van der Waals surface area (Å²) in [5.41, 5.74) is 5.17. The van der Waals surface area contributed by atoms with E-state index in [1.165, 1.54) is 22.3 Å². The van der Waals surface area contributed by atoms with Gasteiger partial charge in [0.1, 0.15) is 0 Å². The molecule has 0 bridgehead atoms. The first-order valence-corrected chi connectivity index (χ1v) is 11.2. The van der Waals surface area contributed by atoms with Gasteiger partial charge in [0.25, 0.3) is 0 Å². The van der Waals surface area contributed by atoms with Crippen LogP contribution in [0.3, 0.4) is 0 Å². The van der Waals surface area contributed by atoms with E-state index < -0.39 is 0 Å². The molecule has 0 aromatic heterocycles. The third-order valence-electron chi connectivity index (χ3n) is 6.41. The first-order valence-electron chi connectivity index (χ1n) is 9.17. The zero-order valence-electron chi connectivity index (χ0n) is 16.0. The third kappa shape index (κ3) is 2.86. The smallest absolute Gasteiger partial charge is 0.399 e. The monoisotopic (exact) mass is 462 g/mol. The van der Waals surface area contributed by atoms with Crippen LogP contribution in [0.2, 0.25) is 0 Å². The predicted molar refractivity (Wildman–Crippen MR) is 124 cm³/mol. The van der Waals surface area contributed by atoms with E-state index in [2.05, 4.69) is 80.0 Å². The Morgan fingerprint density at radius 1 is 0.852 bits per heavy atom. The maximum absolute atomic E-state index is 6.27. The van der Waals surface area contributed by atoms with Gasteiger partial charge in [-0.1, -0.05) is 40.2 Å². The number of rotatable bonds is 3. The maximum Gasteiger partial charge on any atom is 0.494 e. The van der Waals surface area contributed by atoms with Gasteiger partial charge in [-0.2, -0.15) is 25.3 Å².